The van der Waals surface area contributed by atoms with E-state index in [9.17, 15) is 0 Å². The first-order valence-corrected chi connectivity index (χ1v) is 9.67. The van der Waals surface area contributed by atoms with Gasteiger partial charge in [0.15, 0.2) is 11.5 Å². The molecular weight excluding hydrogens is 390 g/mol. The molecule has 29 heavy (non-hydrogen) atoms. The lowest BCUT2D eigenvalue weighted by Crippen LogP contribution is -2.04. The summed E-state index contributed by atoms with van der Waals surface area (Å²) < 4.78 is 15.9. The zero-order valence-electron chi connectivity index (χ0n) is 16.2. The van der Waals surface area contributed by atoms with Crippen LogP contribution in [-0.4, -0.2) is 46.5 Å². The number of hydrogen-bond donors (Lipinski definition) is 0. The minimum atomic E-state index is 0.431. The van der Waals surface area contributed by atoms with Gasteiger partial charge in [0.1, 0.15) is 17.3 Å². The fourth-order valence-corrected chi connectivity index (χ4v) is 3.62. The van der Waals surface area contributed by atoms with E-state index in [1.807, 2.05) is 47.8 Å². The third-order valence-electron chi connectivity index (χ3n) is 4.27. The molecule has 0 aliphatic heterocycles. The van der Waals surface area contributed by atoms with E-state index >= 15 is 0 Å². The fourth-order valence-electron chi connectivity index (χ4n) is 2.81. The quantitative estimate of drug-likeness (QED) is 0.462. The second-order valence-corrected chi connectivity index (χ2v) is 6.95. The first-order chi connectivity index (χ1) is 14.2. The Hall–Kier alpha value is -3.46. The topological polar surface area (TPSA) is 84.2 Å². The zero-order chi connectivity index (χ0) is 20.2. The Morgan fingerprint density at radius 2 is 1.79 bits per heavy atom. The van der Waals surface area contributed by atoms with Gasteiger partial charge in [-0.1, -0.05) is 12.1 Å². The third kappa shape index (κ3) is 4.04. The number of benzene rings is 2. The molecule has 2 aromatic heterocycles. The van der Waals surface area contributed by atoms with Gasteiger partial charge in [0.25, 0.3) is 0 Å². The summed E-state index contributed by atoms with van der Waals surface area (Å²) in [5, 5.41) is 15.6. The molecule has 0 atom stereocenters. The Kier molecular flexibility index (Phi) is 5.39. The van der Waals surface area contributed by atoms with Gasteiger partial charge in [-0.05, 0) is 35.5 Å². The highest BCUT2D eigenvalue weighted by Crippen LogP contribution is 2.33. The summed E-state index contributed by atoms with van der Waals surface area (Å²) in [7, 11) is 4.86. The van der Waals surface area contributed by atoms with Crippen molar-refractivity contribution in [1.82, 2.24) is 25.2 Å². The van der Waals surface area contributed by atoms with Crippen LogP contribution in [0.2, 0.25) is 0 Å². The molecule has 0 bridgehead atoms. The Bertz CT molecular complexity index is 1120. The summed E-state index contributed by atoms with van der Waals surface area (Å²) in [5.74, 6) is 2.64. The first kappa shape index (κ1) is 18.9. The lowest BCUT2D eigenvalue weighted by molar-refractivity contribution is 0.355. The molecule has 0 unspecified atom stereocenters. The van der Waals surface area contributed by atoms with E-state index in [-0.39, 0.29) is 0 Å². The standard InChI is InChI=1S/C20H19N5O3S/c1-26-16-6-4-5-13(9-16)19-22-24-25(23-19)11-15-12-29-20(21-15)14-7-8-17(27-2)18(10-14)28-3/h4-10,12H,11H2,1-3H3. The molecule has 9 heteroatoms. The SMILES string of the molecule is COc1cccc(-c2nnn(Cc3csc(-c4ccc(OC)c(OC)c4)n3)n2)c1. The fraction of sp³-hybridized carbons (Fsp3) is 0.200. The number of ether oxygens (including phenoxy) is 3. The molecule has 0 radical (unpaired) electrons. The highest BCUT2D eigenvalue weighted by atomic mass is 32.1. The maximum atomic E-state index is 5.37. The highest BCUT2D eigenvalue weighted by Gasteiger charge is 2.12. The van der Waals surface area contributed by atoms with Crippen molar-refractivity contribution in [2.24, 2.45) is 0 Å². The first-order valence-electron chi connectivity index (χ1n) is 8.79. The van der Waals surface area contributed by atoms with Gasteiger partial charge in [0.2, 0.25) is 5.82 Å². The maximum absolute atomic E-state index is 5.37. The molecule has 0 N–H and O–H groups in total. The Labute approximate surface area is 171 Å². The Morgan fingerprint density at radius 1 is 0.931 bits per heavy atom. The van der Waals surface area contributed by atoms with Crippen molar-refractivity contribution in [3.8, 4) is 39.2 Å². The molecule has 0 saturated carbocycles. The summed E-state index contributed by atoms with van der Waals surface area (Å²) >= 11 is 1.55. The van der Waals surface area contributed by atoms with Gasteiger partial charge in [0, 0.05) is 16.5 Å². The molecule has 0 saturated heterocycles. The normalized spacial score (nSPS) is 10.7. The number of aromatic nitrogens is 5. The van der Waals surface area contributed by atoms with E-state index in [1.54, 1.807) is 32.7 Å². The van der Waals surface area contributed by atoms with Crippen LogP contribution in [0.4, 0.5) is 0 Å². The van der Waals surface area contributed by atoms with Crippen LogP contribution in [0, 0.1) is 0 Å². The molecule has 2 heterocycles. The number of rotatable bonds is 7. The molecule has 0 spiro atoms. The average molecular weight is 409 g/mol. The number of thiazole rings is 1. The van der Waals surface area contributed by atoms with Crippen LogP contribution < -0.4 is 14.2 Å². The molecule has 4 rings (SSSR count). The van der Waals surface area contributed by atoms with E-state index < -0.39 is 0 Å². The molecule has 4 aromatic rings. The lowest BCUT2D eigenvalue weighted by atomic mass is 10.2. The van der Waals surface area contributed by atoms with Crippen LogP contribution in [0.5, 0.6) is 17.2 Å². The average Bonchev–Trinajstić information content (AvgIpc) is 3.43. The van der Waals surface area contributed by atoms with E-state index in [0.717, 1.165) is 27.6 Å². The van der Waals surface area contributed by atoms with Gasteiger partial charge in [-0.2, -0.15) is 4.80 Å². The van der Waals surface area contributed by atoms with Gasteiger partial charge in [-0.15, -0.1) is 21.5 Å². The zero-order valence-corrected chi connectivity index (χ0v) is 17.0. The van der Waals surface area contributed by atoms with Gasteiger partial charge >= 0.3 is 0 Å². The summed E-state index contributed by atoms with van der Waals surface area (Å²) in [5.41, 5.74) is 2.66. The summed E-state index contributed by atoms with van der Waals surface area (Å²) in [4.78, 5) is 6.22. The molecular formula is C20H19N5O3S. The summed E-state index contributed by atoms with van der Waals surface area (Å²) in [6, 6.07) is 13.3. The molecule has 0 aliphatic rings. The second kappa shape index (κ2) is 8.27. The minimum absolute atomic E-state index is 0.431. The number of methoxy groups -OCH3 is 3. The van der Waals surface area contributed by atoms with Crippen molar-refractivity contribution in [1.29, 1.82) is 0 Å². The highest BCUT2D eigenvalue weighted by molar-refractivity contribution is 7.13. The van der Waals surface area contributed by atoms with E-state index in [1.165, 1.54) is 4.80 Å². The van der Waals surface area contributed by atoms with Crippen molar-refractivity contribution in [2.45, 2.75) is 6.54 Å². The molecule has 0 fully saturated rings. The predicted octanol–water partition coefficient (Wildman–Crippen LogP) is 3.54. The third-order valence-corrected chi connectivity index (χ3v) is 5.21. The van der Waals surface area contributed by atoms with Crippen LogP contribution in [0.3, 0.4) is 0 Å². The molecule has 2 aromatic carbocycles. The van der Waals surface area contributed by atoms with Crippen LogP contribution in [0.15, 0.2) is 47.8 Å². The molecule has 8 nitrogen and oxygen atoms in total. The largest absolute Gasteiger partial charge is 0.497 e. The number of hydrogen-bond acceptors (Lipinski definition) is 8. The van der Waals surface area contributed by atoms with Gasteiger partial charge in [-0.3, -0.25) is 0 Å². The van der Waals surface area contributed by atoms with Crippen molar-refractivity contribution in [3.05, 3.63) is 53.5 Å². The molecule has 0 aliphatic carbocycles. The smallest absolute Gasteiger partial charge is 0.205 e. The van der Waals surface area contributed by atoms with Crippen LogP contribution >= 0.6 is 11.3 Å². The summed E-state index contributed by atoms with van der Waals surface area (Å²) in [6.07, 6.45) is 0. The van der Waals surface area contributed by atoms with E-state index in [0.29, 0.717) is 23.9 Å². The van der Waals surface area contributed by atoms with Crippen molar-refractivity contribution in [2.75, 3.05) is 21.3 Å². The minimum Gasteiger partial charge on any atom is -0.497 e. The number of nitrogens with zero attached hydrogens (tertiary/aromatic N) is 5. The van der Waals surface area contributed by atoms with Gasteiger partial charge < -0.3 is 14.2 Å². The Balaban J connectivity index is 1.52. The van der Waals surface area contributed by atoms with E-state index in [2.05, 4.69) is 20.4 Å². The van der Waals surface area contributed by atoms with Crippen molar-refractivity contribution < 1.29 is 14.2 Å². The van der Waals surface area contributed by atoms with E-state index in [4.69, 9.17) is 14.2 Å². The van der Waals surface area contributed by atoms with Gasteiger partial charge in [0.05, 0.1) is 27.0 Å². The predicted molar refractivity (Wildman–Crippen MR) is 110 cm³/mol. The number of tetrazole rings is 1. The molecule has 148 valence electrons. The second-order valence-electron chi connectivity index (χ2n) is 6.09. The molecule has 0 amide bonds. The van der Waals surface area contributed by atoms with Gasteiger partial charge in [-0.25, -0.2) is 4.98 Å². The summed E-state index contributed by atoms with van der Waals surface area (Å²) in [6.45, 7) is 0.431. The van der Waals surface area contributed by atoms with Crippen LogP contribution in [0.1, 0.15) is 5.69 Å². The van der Waals surface area contributed by atoms with Crippen LogP contribution in [-0.2, 0) is 6.54 Å². The maximum Gasteiger partial charge on any atom is 0.205 e. The Morgan fingerprint density at radius 3 is 2.59 bits per heavy atom. The van der Waals surface area contributed by atoms with Crippen molar-refractivity contribution in [3.63, 3.8) is 0 Å². The monoisotopic (exact) mass is 409 g/mol. The lowest BCUT2D eigenvalue weighted by Gasteiger charge is -2.08. The van der Waals surface area contributed by atoms with Crippen molar-refractivity contribution >= 4 is 11.3 Å². The van der Waals surface area contributed by atoms with Crippen LogP contribution in [0.25, 0.3) is 22.0 Å².